The summed E-state index contributed by atoms with van der Waals surface area (Å²) < 4.78 is 15.8. The number of hydrogen-bond donors (Lipinski definition) is 1. The molecule has 0 bridgehead atoms. The third-order valence-electron chi connectivity index (χ3n) is 3.58. The molecule has 134 valence electrons. The van der Waals surface area contributed by atoms with Crippen molar-refractivity contribution < 1.29 is 18.8 Å². The second-order valence-corrected chi connectivity index (χ2v) is 5.87. The van der Waals surface area contributed by atoms with Crippen molar-refractivity contribution in [3.63, 3.8) is 0 Å². The van der Waals surface area contributed by atoms with E-state index in [1.165, 1.54) is 0 Å². The zero-order chi connectivity index (χ0) is 18.4. The van der Waals surface area contributed by atoms with E-state index in [0.29, 0.717) is 22.2 Å². The summed E-state index contributed by atoms with van der Waals surface area (Å²) in [6.07, 6.45) is 0. The summed E-state index contributed by atoms with van der Waals surface area (Å²) in [4.78, 5) is 11.9. The van der Waals surface area contributed by atoms with Crippen molar-refractivity contribution in [3.8, 4) is 22.8 Å². The maximum Gasteiger partial charge on any atom is 0.258 e. The van der Waals surface area contributed by atoms with Crippen LogP contribution in [0.2, 0.25) is 5.02 Å². The molecule has 1 aromatic heterocycles. The Balaban J connectivity index is 1.47. The number of ether oxygens (including phenoxy) is 2. The molecule has 0 radical (unpaired) electrons. The van der Waals surface area contributed by atoms with Crippen molar-refractivity contribution in [1.29, 1.82) is 0 Å². The van der Waals surface area contributed by atoms with Gasteiger partial charge in [-0.1, -0.05) is 16.8 Å². The van der Waals surface area contributed by atoms with Crippen LogP contribution in [0.4, 0.5) is 0 Å². The predicted octanol–water partition coefficient (Wildman–Crippen LogP) is 3.70. The van der Waals surface area contributed by atoms with Crippen molar-refractivity contribution in [1.82, 2.24) is 10.5 Å². The molecule has 0 aliphatic rings. The predicted molar refractivity (Wildman–Crippen MR) is 97.3 cm³/mol. The minimum Gasteiger partial charge on any atom is -0.497 e. The molecule has 26 heavy (non-hydrogen) atoms. The largest absolute Gasteiger partial charge is 0.497 e. The molecule has 7 heteroatoms. The standard InChI is InChI=1S/C19H17ClN2O4/c1-24-16-6-8-17(9-7-16)25-12-19(23)21-11-15-10-18(26-22-15)13-2-4-14(20)5-3-13/h2-10H,11-12H2,1H3,(H,21,23). The summed E-state index contributed by atoms with van der Waals surface area (Å²) in [5.74, 6) is 1.67. The second-order valence-electron chi connectivity index (χ2n) is 5.43. The number of rotatable bonds is 7. The van der Waals surface area contributed by atoms with Gasteiger partial charge in [-0.25, -0.2) is 0 Å². The number of carbonyl (C=O) groups excluding carboxylic acids is 1. The van der Waals surface area contributed by atoms with E-state index in [2.05, 4.69) is 10.5 Å². The number of carbonyl (C=O) groups is 1. The van der Waals surface area contributed by atoms with Crippen molar-refractivity contribution in [3.05, 3.63) is 65.3 Å². The highest BCUT2D eigenvalue weighted by molar-refractivity contribution is 6.30. The molecular formula is C19H17ClN2O4. The normalized spacial score (nSPS) is 10.4. The van der Waals surface area contributed by atoms with Crippen LogP contribution in [0.15, 0.2) is 59.1 Å². The zero-order valence-corrected chi connectivity index (χ0v) is 14.8. The summed E-state index contributed by atoms with van der Waals surface area (Å²) in [6, 6.07) is 16.0. The highest BCUT2D eigenvalue weighted by Crippen LogP contribution is 2.22. The first kappa shape index (κ1) is 17.8. The van der Waals surface area contributed by atoms with E-state index in [1.807, 2.05) is 12.1 Å². The Morgan fingerprint density at radius 1 is 1.12 bits per heavy atom. The Kier molecular flexibility index (Phi) is 5.76. The Morgan fingerprint density at radius 2 is 1.81 bits per heavy atom. The smallest absolute Gasteiger partial charge is 0.258 e. The van der Waals surface area contributed by atoms with Gasteiger partial charge in [-0.2, -0.15) is 0 Å². The summed E-state index contributed by atoms with van der Waals surface area (Å²) in [7, 11) is 1.59. The molecule has 6 nitrogen and oxygen atoms in total. The Labute approximate surface area is 155 Å². The SMILES string of the molecule is COc1ccc(OCC(=O)NCc2cc(-c3ccc(Cl)cc3)on2)cc1. The Morgan fingerprint density at radius 3 is 2.50 bits per heavy atom. The zero-order valence-electron chi connectivity index (χ0n) is 14.1. The monoisotopic (exact) mass is 372 g/mol. The topological polar surface area (TPSA) is 73.6 Å². The van der Waals surface area contributed by atoms with Crippen molar-refractivity contribution >= 4 is 17.5 Å². The number of nitrogens with one attached hydrogen (secondary N) is 1. The molecule has 0 saturated carbocycles. The average Bonchev–Trinajstić information content (AvgIpc) is 3.14. The quantitative estimate of drug-likeness (QED) is 0.684. The van der Waals surface area contributed by atoms with E-state index in [4.69, 9.17) is 25.6 Å². The molecule has 1 N–H and O–H groups in total. The first-order chi connectivity index (χ1) is 12.6. The van der Waals surface area contributed by atoms with Crippen LogP contribution in [0.3, 0.4) is 0 Å². The van der Waals surface area contributed by atoms with E-state index in [0.717, 1.165) is 11.3 Å². The van der Waals surface area contributed by atoms with Crippen molar-refractivity contribution in [2.24, 2.45) is 0 Å². The lowest BCUT2D eigenvalue weighted by atomic mass is 10.1. The molecule has 2 aromatic carbocycles. The Bertz CT molecular complexity index is 860. The van der Waals surface area contributed by atoms with Gasteiger partial charge in [0.1, 0.15) is 17.2 Å². The van der Waals surface area contributed by atoms with Crippen LogP contribution in [-0.2, 0) is 11.3 Å². The minimum absolute atomic E-state index is 0.0891. The third kappa shape index (κ3) is 4.77. The lowest BCUT2D eigenvalue weighted by Gasteiger charge is -2.07. The van der Waals surface area contributed by atoms with Crippen LogP contribution in [0.5, 0.6) is 11.5 Å². The first-order valence-electron chi connectivity index (χ1n) is 7.89. The van der Waals surface area contributed by atoms with E-state index in [1.54, 1.807) is 49.6 Å². The molecule has 0 saturated heterocycles. The number of nitrogens with zero attached hydrogens (tertiary/aromatic N) is 1. The second kappa shape index (κ2) is 8.40. The van der Waals surface area contributed by atoms with Gasteiger partial charge >= 0.3 is 0 Å². The maximum atomic E-state index is 11.9. The summed E-state index contributed by atoms with van der Waals surface area (Å²) in [5.41, 5.74) is 1.48. The van der Waals surface area contributed by atoms with Crippen molar-refractivity contribution in [2.45, 2.75) is 6.54 Å². The van der Waals surface area contributed by atoms with Crippen LogP contribution in [0.25, 0.3) is 11.3 Å². The first-order valence-corrected chi connectivity index (χ1v) is 8.27. The van der Waals surface area contributed by atoms with Crippen LogP contribution in [0, 0.1) is 0 Å². The van der Waals surface area contributed by atoms with Crippen LogP contribution in [0.1, 0.15) is 5.69 Å². The summed E-state index contributed by atoms with van der Waals surface area (Å²) in [5, 5.41) is 7.33. The molecular weight excluding hydrogens is 356 g/mol. The molecule has 1 amide bonds. The van der Waals surface area contributed by atoms with Gasteiger partial charge in [-0.15, -0.1) is 0 Å². The number of aromatic nitrogens is 1. The third-order valence-corrected chi connectivity index (χ3v) is 3.84. The van der Waals surface area contributed by atoms with Gasteiger partial charge in [0.25, 0.3) is 5.91 Å². The highest BCUT2D eigenvalue weighted by atomic mass is 35.5. The lowest BCUT2D eigenvalue weighted by Crippen LogP contribution is -2.28. The fourth-order valence-corrected chi connectivity index (χ4v) is 2.33. The van der Waals surface area contributed by atoms with Gasteiger partial charge in [0.15, 0.2) is 12.4 Å². The number of methoxy groups -OCH3 is 1. The number of hydrogen-bond acceptors (Lipinski definition) is 5. The van der Waals surface area contributed by atoms with Gasteiger partial charge in [-0.3, -0.25) is 4.79 Å². The van der Waals surface area contributed by atoms with E-state index >= 15 is 0 Å². The van der Waals surface area contributed by atoms with Gasteiger partial charge in [0, 0.05) is 16.7 Å². The van der Waals surface area contributed by atoms with Crippen LogP contribution >= 0.6 is 11.6 Å². The molecule has 0 unspecified atom stereocenters. The van der Waals surface area contributed by atoms with E-state index in [9.17, 15) is 4.79 Å². The van der Waals surface area contributed by atoms with Gasteiger partial charge < -0.3 is 19.3 Å². The molecule has 1 heterocycles. The number of halogens is 1. The fourth-order valence-electron chi connectivity index (χ4n) is 2.21. The molecule has 0 atom stereocenters. The number of benzene rings is 2. The average molecular weight is 373 g/mol. The maximum absolute atomic E-state index is 11.9. The molecule has 3 rings (SSSR count). The molecule has 3 aromatic rings. The van der Waals surface area contributed by atoms with Crippen molar-refractivity contribution in [2.75, 3.05) is 13.7 Å². The summed E-state index contributed by atoms with van der Waals surface area (Å²) in [6.45, 7) is 0.163. The molecule has 0 aliphatic carbocycles. The lowest BCUT2D eigenvalue weighted by molar-refractivity contribution is -0.123. The van der Waals surface area contributed by atoms with E-state index in [-0.39, 0.29) is 19.1 Å². The molecule has 0 spiro atoms. The Hall–Kier alpha value is -2.99. The minimum atomic E-state index is -0.253. The van der Waals surface area contributed by atoms with Crippen LogP contribution in [-0.4, -0.2) is 24.8 Å². The molecule has 0 aliphatic heterocycles. The van der Waals surface area contributed by atoms with Gasteiger partial charge in [-0.05, 0) is 48.5 Å². The number of amides is 1. The van der Waals surface area contributed by atoms with Gasteiger partial charge in [0.05, 0.1) is 13.7 Å². The molecule has 0 fully saturated rings. The van der Waals surface area contributed by atoms with E-state index < -0.39 is 0 Å². The fraction of sp³-hybridized carbons (Fsp3) is 0.158. The van der Waals surface area contributed by atoms with Crippen LogP contribution < -0.4 is 14.8 Å². The van der Waals surface area contributed by atoms with Gasteiger partial charge in [0.2, 0.25) is 0 Å². The summed E-state index contributed by atoms with van der Waals surface area (Å²) >= 11 is 5.87. The highest BCUT2D eigenvalue weighted by Gasteiger charge is 2.09.